The number of anilines is 2. The Kier molecular flexibility index (Phi) is 6.39. The van der Waals surface area contributed by atoms with Gasteiger partial charge in [-0.05, 0) is 53.6 Å². The molecular formula is C28H20Cl3N3O. The predicted octanol–water partition coefficient (Wildman–Crippen LogP) is 7.64. The molecule has 7 heteroatoms. The lowest BCUT2D eigenvalue weighted by atomic mass is 9.80. The lowest BCUT2D eigenvalue weighted by Crippen LogP contribution is -2.29. The Morgan fingerprint density at radius 2 is 1.54 bits per heavy atom. The summed E-state index contributed by atoms with van der Waals surface area (Å²) < 4.78 is 0. The van der Waals surface area contributed by atoms with Crippen molar-refractivity contribution in [2.24, 2.45) is 0 Å². The Hall–Kier alpha value is -3.15. The number of nitrogens with zero attached hydrogens (tertiary/aromatic N) is 3. The summed E-state index contributed by atoms with van der Waals surface area (Å²) in [4.78, 5) is 10.7. The maximum absolute atomic E-state index is 12.2. The van der Waals surface area contributed by atoms with Crippen molar-refractivity contribution in [3.63, 3.8) is 0 Å². The first-order chi connectivity index (χ1) is 16.9. The van der Waals surface area contributed by atoms with Gasteiger partial charge in [-0.3, -0.25) is 4.98 Å². The molecule has 0 aliphatic rings. The molecule has 0 amide bonds. The maximum Gasteiger partial charge on any atom is 0.154 e. The molecule has 1 unspecified atom stereocenters. The normalized spacial score (nSPS) is 12.9. The third-order valence-electron chi connectivity index (χ3n) is 6.07. The smallest absolute Gasteiger partial charge is 0.154 e. The van der Waals surface area contributed by atoms with E-state index in [1.807, 2.05) is 66.5 Å². The third-order valence-corrected chi connectivity index (χ3v) is 6.95. The number of pyridine rings is 2. The molecule has 5 rings (SSSR count). The van der Waals surface area contributed by atoms with E-state index in [2.05, 4.69) is 9.97 Å². The Labute approximate surface area is 218 Å². The lowest BCUT2D eigenvalue weighted by Gasteiger charge is -2.30. The summed E-state index contributed by atoms with van der Waals surface area (Å²) in [5.74, 6) is 0. The Bertz CT molecular complexity index is 1510. The number of fused-ring (bicyclic) bond motifs is 1. The number of hydrogen-bond acceptors (Lipinski definition) is 4. The molecule has 0 aliphatic heterocycles. The summed E-state index contributed by atoms with van der Waals surface area (Å²) >= 11 is 19.8. The summed E-state index contributed by atoms with van der Waals surface area (Å²) in [6, 6.07) is 26.0. The van der Waals surface area contributed by atoms with Gasteiger partial charge in [-0.15, -0.1) is 0 Å². The van der Waals surface area contributed by atoms with Crippen LogP contribution < -0.4 is 4.90 Å². The molecule has 0 radical (unpaired) electrons. The Morgan fingerprint density at radius 3 is 2.26 bits per heavy atom. The SMILES string of the molecule is CN(c1ccccc1)c1c(Cl)nc2ccc(C(O)(c3cccnc3)c3cccc(Cl)c3)cc2c1Cl. The van der Waals surface area contributed by atoms with Crippen LogP contribution in [0.25, 0.3) is 10.9 Å². The number of rotatable bonds is 5. The summed E-state index contributed by atoms with van der Waals surface area (Å²) in [5, 5.41) is 14.1. The van der Waals surface area contributed by atoms with Crippen LogP contribution in [0.15, 0.2) is 97.3 Å². The first kappa shape index (κ1) is 23.6. The van der Waals surface area contributed by atoms with Gasteiger partial charge in [0.05, 0.1) is 16.2 Å². The Morgan fingerprint density at radius 1 is 0.800 bits per heavy atom. The number of halogens is 3. The minimum absolute atomic E-state index is 0.291. The third kappa shape index (κ3) is 4.24. The standard InChI is InChI=1S/C28H20Cl3N3O/c1-34(22-10-3-2-4-11-22)26-25(30)23-16-19(12-13-24(23)33-27(26)31)28(35,20-8-6-14-32-17-20)18-7-5-9-21(29)15-18/h2-17,35H,1H3. The average Bonchev–Trinajstić information content (AvgIpc) is 2.89. The second-order valence-corrected chi connectivity index (χ2v) is 9.33. The van der Waals surface area contributed by atoms with E-state index in [0.29, 0.717) is 48.5 Å². The van der Waals surface area contributed by atoms with Crippen LogP contribution in [-0.2, 0) is 5.60 Å². The number of benzene rings is 3. The lowest BCUT2D eigenvalue weighted by molar-refractivity contribution is 0.125. The molecule has 2 aromatic heterocycles. The van der Waals surface area contributed by atoms with Crippen LogP contribution in [0.1, 0.15) is 16.7 Å². The van der Waals surface area contributed by atoms with Crippen LogP contribution >= 0.6 is 34.8 Å². The molecular weight excluding hydrogens is 501 g/mol. The van der Waals surface area contributed by atoms with Crippen molar-refractivity contribution in [2.75, 3.05) is 11.9 Å². The molecule has 35 heavy (non-hydrogen) atoms. The monoisotopic (exact) mass is 519 g/mol. The van der Waals surface area contributed by atoms with Crippen LogP contribution in [0, 0.1) is 0 Å². The minimum Gasteiger partial charge on any atom is -0.376 e. The fourth-order valence-corrected chi connectivity index (χ4v) is 5.19. The van der Waals surface area contributed by atoms with Gasteiger partial charge in [0, 0.05) is 41.1 Å². The van der Waals surface area contributed by atoms with Crippen LogP contribution in [0.4, 0.5) is 11.4 Å². The van der Waals surface area contributed by atoms with Crippen molar-refractivity contribution < 1.29 is 5.11 Å². The van der Waals surface area contributed by atoms with E-state index in [1.165, 1.54) is 0 Å². The molecule has 0 saturated heterocycles. The van der Waals surface area contributed by atoms with E-state index < -0.39 is 5.60 Å². The first-order valence-electron chi connectivity index (χ1n) is 10.9. The van der Waals surface area contributed by atoms with E-state index in [9.17, 15) is 5.11 Å². The average molecular weight is 521 g/mol. The molecule has 0 saturated carbocycles. The summed E-state index contributed by atoms with van der Waals surface area (Å²) in [7, 11) is 1.89. The van der Waals surface area contributed by atoms with Gasteiger partial charge in [-0.2, -0.15) is 0 Å². The van der Waals surface area contributed by atoms with E-state index in [4.69, 9.17) is 34.8 Å². The zero-order valence-electron chi connectivity index (χ0n) is 18.7. The summed E-state index contributed by atoms with van der Waals surface area (Å²) in [5.41, 5.74) is 2.39. The van der Waals surface area contributed by atoms with Crippen LogP contribution in [0.2, 0.25) is 15.2 Å². The highest BCUT2D eigenvalue weighted by Gasteiger charge is 2.35. The van der Waals surface area contributed by atoms with Gasteiger partial charge in [0.15, 0.2) is 5.15 Å². The van der Waals surface area contributed by atoms with Crippen LogP contribution in [-0.4, -0.2) is 22.1 Å². The highest BCUT2D eigenvalue weighted by Crippen LogP contribution is 2.43. The van der Waals surface area contributed by atoms with E-state index in [-0.39, 0.29) is 0 Å². The molecule has 0 bridgehead atoms. The van der Waals surface area contributed by atoms with Gasteiger partial charge >= 0.3 is 0 Å². The molecule has 3 aromatic carbocycles. The molecule has 0 spiro atoms. The van der Waals surface area contributed by atoms with Crippen molar-refractivity contribution in [1.82, 2.24) is 9.97 Å². The van der Waals surface area contributed by atoms with Crippen molar-refractivity contribution in [1.29, 1.82) is 0 Å². The van der Waals surface area contributed by atoms with E-state index in [1.54, 1.807) is 42.7 Å². The van der Waals surface area contributed by atoms with Crippen LogP contribution in [0.5, 0.6) is 0 Å². The van der Waals surface area contributed by atoms with Gasteiger partial charge < -0.3 is 10.0 Å². The zero-order chi connectivity index (χ0) is 24.6. The fraction of sp³-hybridized carbons (Fsp3) is 0.0714. The summed E-state index contributed by atoms with van der Waals surface area (Å²) in [6.45, 7) is 0. The van der Waals surface area contributed by atoms with E-state index >= 15 is 0 Å². The first-order valence-corrected chi connectivity index (χ1v) is 12.0. The van der Waals surface area contributed by atoms with Crippen LogP contribution in [0.3, 0.4) is 0 Å². The second kappa shape index (κ2) is 9.48. The topological polar surface area (TPSA) is 49.2 Å². The number of aliphatic hydroxyl groups is 1. The number of aromatic nitrogens is 2. The molecule has 5 aromatic rings. The van der Waals surface area contributed by atoms with Gasteiger partial charge in [0.25, 0.3) is 0 Å². The van der Waals surface area contributed by atoms with Gasteiger partial charge in [0.1, 0.15) is 5.60 Å². The second-order valence-electron chi connectivity index (χ2n) is 8.15. The van der Waals surface area contributed by atoms with Gasteiger partial charge in [-0.25, -0.2) is 4.98 Å². The zero-order valence-corrected chi connectivity index (χ0v) is 20.9. The van der Waals surface area contributed by atoms with Crippen molar-refractivity contribution in [3.8, 4) is 0 Å². The van der Waals surface area contributed by atoms with Crippen molar-refractivity contribution >= 4 is 57.1 Å². The molecule has 0 fully saturated rings. The van der Waals surface area contributed by atoms with Gasteiger partial charge in [-0.1, -0.05) is 77.3 Å². The quantitative estimate of drug-likeness (QED) is 0.242. The molecule has 174 valence electrons. The molecule has 0 aliphatic carbocycles. The predicted molar refractivity (Wildman–Crippen MR) is 144 cm³/mol. The Balaban J connectivity index is 1.74. The van der Waals surface area contributed by atoms with E-state index in [0.717, 1.165) is 5.69 Å². The van der Waals surface area contributed by atoms with Crippen molar-refractivity contribution in [2.45, 2.75) is 5.60 Å². The molecule has 1 atom stereocenters. The highest BCUT2D eigenvalue weighted by atomic mass is 35.5. The molecule has 1 N–H and O–H groups in total. The highest BCUT2D eigenvalue weighted by molar-refractivity contribution is 6.42. The van der Waals surface area contributed by atoms with Crippen molar-refractivity contribution in [3.05, 3.63) is 129 Å². The molecule has 4 nitrogen and oxygen atoms in total. The summed E-state index contributed by atoms with van der Waals surface area (Å²) in [6.07, 6.45) is 3.30. The largest absolute Gasteiger partial charge is 0.376 e. The van der Waals surface area contributed by atoms with Gasteiger partial charge in [0.2, 0.25) is 0 Å². The number of para-hydroxylation sites is 1. The molecule has 2 heterocycles. The fourth-order valence-electron chi connectivity index (χ4n) is 4.27. The minimum atomic E-state index is -1.53. The maximum atomic E-state index is 12.2. The number of hydrogen-bond donors (Lipinski definition) is 1.